The second-order valence-electron chi connectivity index (χ2n) is 6.63. The van der Waals surface area contributed by atoms with E-state index in [0.717, 1.165) is 16.8 Å². The van der Waals surface area contributed by atoms with Crippen molar-refractivity contribution in [1.29, 1.82) is 0 Å². The first-order valence-corrected chi connectivity index (χ1v) is 10.7. The fourth-order valence-corrected chi connectivity index (χ4v) is 4.17. The van der Waals surface area contributed by atoms with Crippen molar-refractivity contribution in [1.82, 2.24) is 4.57 Å². The number of non-ortho nitro benzene ring substituents is 1. The summed E-state index contributed by atoms with van der Waals surface area (Å²) in [5, 5.41) is 13.6. The van der Waals surface area contributed by atoms with E-state index < -0.39 is 10.7 Å². The van der Waals surface area contributed by atoms with Crippen molar-refractivity contribution in [3.63, 3.8) is 0 Å². The predicted octanol–water partition coefficient (Wildman–Crippen LogP) is 6.85. The highest BCUT2D eigenvalue weighted by Gasteiger charge is 2.12. The van der Waals surface area contributed by atoms with E-state index in [2.05, 4.69) is 4.99 Å². The molecule has 0 atom stereocenters. The fourth-order valence-electron chi connectivity index (χ4n) is 2.99. The van der Waals surface area contributed by atoms with Crippen LogP contribution in [0.2, 0.25) is 10.0 Å². The van der Waals surface area contributed by atoms with Crippen LogP contribution in [0.3, 0.4) is 0 Å². The minimum absolute atomic E-state index is 0.0183. The summed E-state index contributed by atoms with van der Waals surface area (Å²) in [6, 6.07) is 18.1. The molecule has 0 aliphatic heterocycles. The van der Waals surface area contributed by atoms with Crippen LogP contribution in [0, 0.1) is 15.9 Å². The molecule has 31 heavy (non-hydrogen) atoms. The van der Waals surface area contributed by atoms with Gasteiger partial charge in [-0.2, -0.15) is 0 Å². The molecule has 0 unspecified atom stereocenters. The number of nitro groups is 1. The van der Waals surface area contributed by atoms with Crippen LogP contribution < -0.4 is 4.80 Å². The molecule has 0 spiro atoms. The first-order valence-electron chi connectivity index (χ1n) is 9.08. The van der Waals surface area contributed by atoms with Crippen LogP contribution in [0.15, 0.2) is 77.1 Å². The van der Waals surface area contributed by atoms with E-state index in [-0.39, 0.29) is 10.7 Å². The van der Waals surface area contributed by atoms with E-state index in [1.54, 1.807) is 30.3 Å². The Hall–Kier alpha value is -3.00. The Morgan fingerprint density at radius 2 is 1.74 bits per heavy atom. The average Bonchev–Trinajstić information content (AvgIpc) is 3.14. The Bertz CT molecular complexity index is 1320. The summed E-state index contributed by atoms with van der Waals surface area (Å²) >= 11 is 13.2. The number of halogens is 3. The zero-order valence-corrected chi connectivity index (χ0v) is 18.2. The molecule has 0 aliphatic rings. The van der Waals surface area contributed by atoms with E-state index in [1.165, 1.54) is 35.6 Å². The molecule has 4 rings (SSSR count). The van der Waals surface area contributed by atoms with E-state index in [0.29, 0.717) is 22.1 Å². The maximum atomic E-state index is 13.9. The number of nitro benzene ring substituents is 1. The van der Waals surface area contributed by atoms with Crippen LogP contribution in [0.4, 0.5) is 15.8 Å². The van der Waals surface area contributed by atoms with Crippen LogP contribution in [-0.4, -0.2) is 9.49 Å². The first kappa shape index (κ1) is 21.2. The van der Waals surface area contributed by atoms with Crippen molar-refractivity contribution < 1.29 is 9.31 Å². The molecule has 0 saturated carbocycles. The van der Waals surface area contributed by atoms with Crippen LogP contribution >= 0.6 is 34.5 Å². The number of aromatic nitrogens is 1. The standard InChI is InChI=1S/C22H14Cl2FN3O2S/c23-16-5-1-14(2-6-16)12-27-21(15-3-8-18(9-4-15)28(29)30)13-31-22(27)26-17-7-10-19(24)20(25)11-17/h1-11,13H,12H2. The van der Waals surface area contributed by atoms with Crippen LogP contribution in [0.25, 0.3) is 11.3 Å². The molecule has 0 saturated heterocycles. The molecule has 0 fully saturated rings. The lowest BCUT2D eigenvalue weighted by Crippen LogP contribution is -2.16. The fraction of sp³-hybridized carbons (Fsp3) is 0.0455. The normalized spacial score (nSPS) is 11.6. The summed E-state index contributed by atoms with van der Waals surface area (Å²) in [5.41, 5.74) is 3.09. The van der Waals surface area contributed by atoms with Gasteiger partial charge in [0.05, 0.1) is 27.9 Å². The molecule has 1 heterocycles. The van der Waals surface area contributed by atoms with E-state index in [9.17, 15) is 14.5 Å². The van der Waals surface area contributed by atoms with Gasteiger partial charge in [0.25, 0.3) is 5.69 Å². The number of hydrogen-bond acceptors (Lipinski definition) is 4. The largest absolute Gasteiger partial charge is 0.312 e. The molecular formula is C22H14Cl2FN3O2S. The molecule has 3 aromatic carbocycles. The van der Waals surface area contributed by atoms with Gasteiger partial charge in [0.1, 0.15) is 5.82 Å². The molecule has 0 N–H and O–H groups in total. The lowest BCUT2D eigenvalue weighted by Gasteiger charge is -2.10. The highest BCUT2D eigenvalue weighted by molar-refractivity contribution is 7.07. The Morgan fingerprint density at radius 1 is 1.03 bits per heavy atom. The quantitative estimate of drug-likeness (QED) is 0.235. The Kier molecular flexibility index (Phi) is 6.18. The van der Waals surface area contributed by atoms with Crippen LogP contribution in [0.5, 0.6) is 0 Å². The number of benzene rings is 3. The molecule has 0 aliphatic carbocycles. The van der Waals surface area contributed by atoms with E-state index in [1.807, 2.05) is 22.1 Å². The van der Waals surface area contributed by atoms with Crippen molar-refractivity contribution in [2.45, 2.75) is 6.54 Å². The van der Waals surface area contributed by atoms with E-state index in [4.69, 9.17) is 23.2 Å². The molecule has 0 bridgehead atoms. The van der Waals surface area contributed by atoms with Gasteiger partial charge in [-0.1, -0.05) is 35.3 Å². The average molecular weight is 474 g/mol. The summed E-state index contributed by atoms with van der Waals surface area (Å²) < 4.78 is 15.9. The van der Waals surface area contributed by atoms with Gasteiger partial charge in [-0.05, 0) is 47.5 Å². The summed E-state index contributed by atoms with van der Waals surface area (Å²) in [6.07, 6.45) is 0. The third-order valence-electron chi connectivity index (χ3n) is 4.55. The van der Waals surface area contributed by atoms with E-state index >= 15 is 0 Å². The third kappa shape index (κ3) is 4.85. The molecule has 9 heteroatoms. The SMILES string of the molecule is O=[N+]([O-])c1ccc(-c2csc(=Nc3ccc(Cl)c(F)c3)n2Cc2ccc(Cl)cc2)cc1. The van der Waals surface area contributed by atoms with Gasteiger partial charge in [0.15, 0.2) is 4.80 Å². The van der Waals surface area contributed by atoms with Gasteiger partial charge in [-0.3, -0.25) is 10.1 Å². The minimum Gasteiger partial charge on any atom is -0.312 e. The predicted molar refractivity (Wildman–Crippen MR) is 122 cm³/mol. The zero-order chi connectivity index (χ0) is 22.0. The highest BCUT2D eigenvalue weighted by atomic mass is 35.5. The zero-order valence-electron chi connectivity index (χ0n) is 15.8. The Balaban J connectivity index is 1.82. The highest BCUT2D eigenvalue weighted by Crippen LogP contribution is 2.25. The maximum Gasteiger partial charge on any atom is 0.269 e. The lowest BCUT2D eigenvalue weighted by atomic mass is 10.1. The third-order valence-corrected chi connectivity index (χ3v) is 5.98. The monoisotopic (exact) mass is 473 g/mol. The van der Waals surface area contributed by atoms with Crippen LogP contribution in [0.1, 0.15) is 5.56 Å². The number of hydrogen-bond donors (Lipinski definition) is 0. The molecule has 1 aromatic heterocycles. The Labute approximate surface area is 190 Å². The Morgan fingerprint density at radius 3 is 2.39 bits per heavy atom. The van der Waals surface area contributed by atoms with Crippen molar-refractivity contribution in [2.75, 3.05) is 0 Å². The van der Waals surface area contributed by atoms with Crippen molar-refractivity contribution in [3.05, 3.63) is 108 Å². The number of rotatable bonds is 5. The topological polar surface area (TPSA) is 60.4 Å². The summed E-state index contributed by atoms with van der Waals surface area (Å²) in [4.78, 5) is 15.8. The van der Waals surface area contributed by atoms with Gasteiger partial charge in [-0.25, -0.2) is 9.38 Å². The molecule has 156 valence electrons. The summed E-state index contributed by atoms with van der Waals surface area (Å²) in [5.74, 6) is -0.542. The smallest absolute Gasteiger partial charge is 0.269 e. The summed E-state index contributed by atoms with van der Waals surface area (Å²) in [6.45, 7) is 0.488. The molecule has 4 aromatic rings. The van der Waals surface area contributed by atoms with Crippen LogP contribution in [-0.2, 0) is 6.54 Å². The van der Waals surface area contributed by atoms with Gasteiger partial charge < -0.3 is 4.57 Å². The second-order valence-corrected chi connectivity index (χ2v) is 8.31. The molecule has 0 amide bonds. The first-order chi connectivity index (χ1) is 14.9. The molecule has 5 nitrogen and oxygen atoms in total. The number of nitrogens with zero attached hydrogens (tertiary/aromatic N) is 3. The van der Waals surface area contributed by atoms with Gasteiger partial charge in [-0.15, -0.1) is 11.3 Å². The molecule has 0 radical (unpaired) electrons. The lowest BCUT2D eigenvalue weighted by molar-refractivity contribution is -0.384. The van der Waals surface area contributed by atoms with Gasteiger partial charge >= 0.3 is 0 Å². The van der Waals surface area contributed by atoms with Crippen molar-refractivity contribution in [2.24, 2.45) is 4.99 Å². The second kappa shape index (κ2) is 9.01. The van der Waals surface area contributed by atoms with Gasteiger partial charge in [0.2, 0.25) is 0 Å². The summed E-state index contributed by atoms with van der Waals surface area (Å²) in [7, 11) is 0. The molecular weight excluding hydrogens is 460 g/mol. The van der Waals surface area contributed by atoms with Gasteiger partial charge in [0, 0.05) is 28.6 Å². The van der Waals surface area contributed by atoms with Crippen molar-refractivity contribution >= 4 is 45.9 Å². The maximum absolute atomic E-state index is 13.9. The number of thiazole rings is 1. The minimum atomic E-state index is -0.542. The van der Waals surface area contributed by atoms with Crippen molar-refractivity contribution in [3.8, 4) is 11.3 Å².